The molecule has 4 rings (SSSR count). The SMILES string of the molecule is COc1cc(C2=CC(C)(S(=O)(=O)n3cccc3)CC=C2)cc2c1CNCC2. The smallest absolute Gasteiger partial charge is 0.247 e. The van der Waals surface area contributed by atoms with Crippen LogP contribution in [0.25, 0.3) is 5.57 Å². The predicted molar refractivity (Wildman–Crippen MR) is 107 cm³/mol. The van der Waals surface area contributed by atoms with E-state index in [1.54, 1.807) is 38.6 Å². The first-order chi connectivity index (χ1) is 12.9. The molecule has 0 radical (unpaired) electrons. The first kappa shape index (κ1) is 18.1. The Bertz CT molecular complexity index is 1000. The van der Waals surface area contributed by atoms with E-state index in [9.17, 15) is 8.42 Å². The van der Waals surface area contributed by atoms with Gasteiger partial charge < -0.3 is 10.1 Å². The Labute approximate surface area is 160 Å². The molecular weight excluding hydrogens is 360 g/mol. The first-order valence-corrected chi connectivity index (χ1v) is 10.6. The van der Waals surface area contributed by atoms with E-state index in [1.165, 1.54) is 15.1 Å². The number of nitrogens with zero attached hydrogens (tertiary/aromatic N) is 1. The number of fused-ring (bicyclic) bond motifs is 1. The Kier molecular flexibility index (Phi) is 4.48. The number of hydrogen-bond donors (Lipinski definition) is 1. The van der Waals surface area contributed by atoms with E-state index >= 15 is 0 Å². The normalized spacial score (nSPS) is 22.2. The molecular formula is C21H24N2O3S. The van der Waals surface area contributed by atoms with Gasteiger partial charge in [-0.15, -0.1) is 0 Å². The van der Waals surface area contributed by atoms with Gasteiger partial charge in [0.2, 0.25) is 10.0 Å². The fourth-order valence-corrected chi connectivity index (χ4v) is 5.37. The highest BCUT2D eigenvalue weighted by Gasteiger charge is 2.39. The van der Waals surface area contributed by atoms with Crippen molar-refractivity contribution in [1.82, 2.24) is 9.29 Å². The van der Waals surface area contributed by atoms with E-state index in [-0.39, 0.29) is 0 Å². The summed E-state index contributed by atoms with van der Waals surface area (Å²) in [7, 11) is -1.86. The molecule has 0 spiro atoms. The Balaban J connectivity index is 1.79. The van der Waals surface area contributed by atoms with Crippen LogP contribution < -0.4 is 10.1 Å². The molecule has 27 heavy (non-hydrogen) atoms. The van der Waals surface area contributed by atoms with Gasteiger partial charge in [0, 0.05) is 24.5 Å². The van der Waals surface area contributed by atoms with Crippen molar-refractivity contribution >= 4 is 15.6 Å². The maximum Gasteiger partial charge on any atom is 0.247 e. The van der Waals surface area contributed by atoms with Crippen molar-refractivity contribution < 1.29 is 13.2 Å². The van der Waals surface area contributed by atoms with E-state index < -0.39 is 14.8 Å². The van der Waals surface area contributed by atoms with Gasteiger partial charge in [-0.2, -0.15) is 0 Å². The van der Waals surface area contributed by atoms with Crippen LogP contribution in [-0.4, -0.2) is 30.8 Å². The van der Waals surface area contributed by atoms with Gasteiger partial charge in [0.15, 0.2) is 0 Å². The van der Waals surface area contributed by atoms with Gasteiger partial charge in [-0.1, -0.05) is 24.3 Å². The second-order valence-electron chi connectivity index (χ2n) is 7.28. The van der Waals surface area contributed by atoms with Crippen LogP contribution in [0.4, 0.5) is 0 Å². The van der Waals surface area contributed by atoms with Gasteiger partial charge in [0.25, 0.3) is 0 Å². The Hall–Kier alpha value is -2.31. The molecule has 0 amide bonds. The summed E-state index contributed by atoms with van der Waals surface area (Å²) in [5, 5.41) is 3.37. The first-order valence-electron chi connectivity index (χ1n) is 9.13. The second-order valence-corrected chi connectivity index (χ2v) is 9.58. The summed E-state index contributed by atoms with van der Waals surface area (Å²) in [6.45, 7) is 3.52. The molecule has 2 heterocycles. The van der Waals surface area contributed by atoms with Crippen molar-refractivity contribution in [3.05, 3.63) is 71.6 Å². The van der Waals surface area contributed by atoms with E-state index in [1.807, 2.05) is 24.3 Å². The van der Waals surface area contributed by atoms with Crippen LogP contribution >= 0.6 is 0 Å². The molecule has 1 aromatic carbocycles. The molecule has 6 heteroatoms. The molecule has 0 saturated heterocycles. The predicted octanol–water partition coefficient (Wildman–Crippen LogP) is 3.12. The summed E-state index contributed by atoms with van der Waals surface area (Å²) in [5.41, 5.74) is 4.37. The number of ether oxygens (including phenoxy) is 1. The van der Waals surface area contributed by atoms with Crippen molar-refractivity contribution in [2.24, 2.45) is 0 Å². The summed E-state index contributed by atoms with van der Waals surface area (Å²) in [6, 6.07) is 7.64. The zero-order valence-corrected chi connectivity index (χ0v) is 16.4. The summed E-state index contributed by atoms with van der Waals surface area (Å²) >= 11 is 0. The van der Waals surface area contributed by atoms with Crippen molar-refractivity contribution in [1.29, 1.82) is 0 Å². The lowest BCUT2D eigenvalue weighted by Gasteiger charge is -2.29. The molecule has 142 valence electrons. The monoisotopic (exact) mass is 384 g/mol. The Morgan fingerprint density at radius 3 is 2.74 bits per heavy atom. The minimum absolute atomic E-state index is 0.447. The quantitative estimate of drug-likeness (QED) is 0.880. The summed E-state index contributed by atoms with van der Waals surface area (Å²) in [4.78, 5) is 0. The third-order valence-electron chi connectivity index (χ3n) is 5.45. The topological polar surface area (TPSA) is 60.3 Å². The zero-order chi connectivity index (χ0) is 19.1. The van der Waals surface area contributed by atoms with Crippen LogP contribution in [0.2, 0.25) is 0 Å². The molecule has 1 aliphatic heterocycles. The number of aromatic nitrogens is 1. The summed E-state index contributed by atoms with van der Waals surface area (Å²) in [6.07, 6.45) is 10.4. The molecule has 1 aromatic heterocycles. The summed E-state index contributed by atoms with van der Waals surface area (Å²) in [5.74, 6) is 0.851. The average Bonchev–Trinajstić information content (AvgIpc) is 3.22. The highest BCUT2D eigenvalue weighted by atomic mass is 32.2. The van der Waals surface area contributed by atoms with E-state index in [0.717, 1.165) is 36.4 Å². The fraction of sp³-hybridized carbons (Fsp3) is 0.333. The Morgan fingerprint density at radius 1 is 1.22 bits per heavy atom. The Morgan fingerprint density at radius 2 is 2.00 bits per heavy atom. The van der Waals surface area contributed by atoms with Gasteiger partial charge in [0.05, 0.1) is 7.11 Å². The average molecular weight is 385 g/mol. The van der Waals surface area contributed by atoms with Crippen molar-refractivity contribution in [3.63, 3.8) is 0 Å². The highest BCUT2D eigenvalue weighted by molar-refractivity contribution is 7.91. The minimum atomic E-state index is -3.54. The van der Waals surface area contributed by atoms with Crippen molar-refractivity contribution in [3.8, 4) is 5.75 Å². The summed E-state index contributed by atoms with van der Waals surface area (Å²) < 4.78 is 32.2. The van der Waals surface area contributed by atoms with Crippen LogP contribution in [0.1, 0.15) is 30.0 Å². The third kappa shape index (κ3) is 3.03. The molecule has 2 aliphatic rings. The standard InChI is InChI=1S/C21H24N2O3S/c1-21(27(24,25)23-10-3-4-11-23)8-5-6-17(14-21)18-12-16-7-9-22-15-19(16)20(13-18)26-2/h3-6,10-14,22H,7-9,15H2,1-2H3. The molecule has 2 aromatic rings. The zero-order valence-electron chi connectivity index (χ0n) is 15.6. The molecule has 5 nitrogen and oxygen atoms in total. The van der Waals surface area contributed by atoms with Crippen LogP contribution in [0.15, 0.2) is 54.9 Å². The molecule has 0 saturated carbocycles. The molecule has 1 aliphatic carbocycles. The molecule has 1 N–H and O–H groups in total. The lowest BCUT2D eigenvalue weighted by Crippen LogP contribution is -2.38. The second kappa shape index (κ2) is 6.69. The van der Waals surface area contributed by atoms with Crippen LogP contribution in [0.3, 0.4) is 0 Å². The maximum atomic E-state index is 13.2. The van der Waals surface area contributed by atoms with Gasteiger partial charge in [-0.25, -0.2) is 8.42 Å². The number of methoxy groups -OCH3 is 1. The number of nitrogens with one attached hydrogen (secondary N) is 1. The molecule has 1 atom stereocenters. The lowest BCUT2D eigenvalue weighted by molar-refractivity contribution is 0.404. The third-order valence-corrected chi connectivity index (χ3v) is 7.71. The number of hydrogen-bond acceptors (Lipinski definition) is 4. The van der Waals surface area contributed by atoms with Crippen molar-refractivity contribution in [2.75, 3.05) is 13.7 Å². The van der Waals surface area contributed by atoms with Gasteiger partial charge in [-0.3, -0.25) is 3.97 Å². The molecule has 0 bridgehead atoms. The lowest BCUT2D eigenvalue weighted by atomic mass is 9.89. The molecule has 1 unspecified atom stereocenters. The number of allylic oxidation sites excluding steroid dienone is 3. The van der Waals surface area contributed by atoms with Crippen LogP contribution in [0.5, 0.6) is 5.75 Å². The van der Waals surface area contributed by atoms with Gasteiger partial charge in [0.1, 0.15) is 10.5 Å². The van der Waals surface area contributed by atoms with E-state index in [0.29, 0.717) is 6.42 Å². The number of benzene rings is 1. The largest absolute Gasteiger partial charge is 0.496 e. The fourth-order valence-electron chi connectivity index (χ4n) is 3.85. The molecule has 0 fully saturated rings. The van der Waals surface area contributed by atoms with Crippen molar-refractivity contribution in [2.45, 2.75) is 31.1 Å². The van der Waals surface area contributed by atoms with Gasteiger partial charge >= 0.3 is 0 Å². The maximum absolute atomic E-state index is 13.2. The van der Waals surface area contributed by atoms with E-state index in [4.69, 9.17) is 4.74 Å². The van der Waals surface area contributed by atoms with E-state index in [2.05, 4.69) is 11.4 Å². The highest BCUT2D eigenvalue weighted by Crippen LogP contribution is 2.37. The number of rotatable bonds is 4. The van der Waals surface area contributed by atoms with Gasteiger partial charge in [-0.05, 0) is 61.2 Å². The van der Waals surface area contributed by atoms with Crippen LogP contribution in [0, 0.1) is 0 Å². The minimum Gasteiger partial charge on any atom is -0.496 e. The van der Waals surface area contributed by atoms with Crippen LogP contribution in [-0.2, 0) is 23.0 Å².